The van der Waals surface area contributed by atoms with E-state index in [2.05, 4.69) is 55.4 Å². The molecule has 7 nitrogen and oxygen atoms in total. The number of aryl methyl sites for hydroxylation is 1. The number of aromatic nitrogens is 2. The molecular formula is C19H30IN7S. The number of anilines is 1. The Morgan fingerprint density at radius 2 is 1.93 bits per heavy atom. The average molecular weight is 515 g/mol. The molecule has 1 saturated heterocycles. The van der Waals surface area contributed by atoms with Gasteiger partial charge in [0.15, 0.2) is 5.96 Å². The Hall–Kier alpha value is -1.46. The number of nitrogens with one attached hydrogen (secondary N) is 2. The molecule has 3 heterocycles. The predicted molar refractivity (Wildman–Crippen MR) is 128 cm³/mol. The molecule has 0 radical (unpaired) electrons. The van der Waals surface area contributed by atoms with Crippen LogP contribution in [0.25, 0.3) is 0 Å². The van der Waals surface area contributed by atoms with Crippen molar-refractivity contribution >= 4 is 47.1 Å². The molecule has 2 N–H and O–H groups in total. The highest BCUT2D eigenvalue weighted by Gasteiger charge is 2.15. The minimum absolute atomic E-state index is 0. The minimum atomic E-state index is 0. The quantitative estimate of drug-likeness (QED) is 0.350. The molecule has 3 rings (SSSR count). The second kappa shape index (κ2) is 11.5. The van der Waals surface area contributed by atoms with Crippen LogP contribution in [-0.2, 0) is 19.5 Å². The molecule has 0 atom stereocenters. The molecule has 0 saturated carbocycles. The number of hydrogen-bond donors (Lipinski definition) is 2. The maximum absolute atomic E-state index is 4.55. The summed E-state index contributed by atoms with van der Waals surface area (Å²) < 4.78 is 0. The van der Waals surface area contributed by atoms with Gasteiger partial charge in [0.1, 0.15) is 10.8 Å². The van der Waals surface area contributed by atoms with E-state index in [4.69, 9.17) is 0 Å². The number of thiazole rings is 1. The van der Waals surface area contributed by atoms with E-state index in [1.54, 1.807) is 18.4 Å². The normalized spacial score (nSPS) is 15.2. The fraction of sp³-hybridized carbons (Fsp3) is 0.526. The molecule has 1 fully saturated rings. The van der Waals surface area contributed by atoms with Crippen LogP contribution in [0.4, 0.5) is 5.82 Å². The van der Waals surface area contributed by atoms with Crippen LogP contribution in [0, 0.1) is 0 Å². The van der Waals surface area contributed by atoms with Gasteiger partial charge in [0.25, 0.3) is 0 Å². The lowest BCUT2D eigenvalue weighted by molar-refractivity contribution is 0.312. The van der Waals surface area contributed by atoms with Crippen molar-refractivity contribution in [1.82, 2.24) is 25.5 Å². The third-order valence-corrected chi connectivity index (χ3v) is 5.82. The van der Waals surface area contributed by atoms with Gasteiger partial charge in [-0.3, -0.25) is 4.99 Å². The summed E-state index contributed by atoms with van der Waals surface area (Å²) in [7, 11) is 3.95. The predicted octanol–water partition coefficient (Wildman–Crippen LogP) is 2.34. The topological polar surface area (TPSA) is 68.7 Å². The van der Waals surface area contributed by atoms with Crippen molar-refractivity contribution in [2.45, 2.75) is 26.4 Å². The van der Waals surface area contributed by atoms with E-state index in [1.165, 1.54) is 10.4 Å². The van der Waals surface area contributed by atoms with E-state index in [9.17, 15) is 0 Å². The highest BCUT2D eigenvalue weighted by Crippen LogP contribution is 2.15. The Bertz CT molecular complexity index is 756. The molecule has 0 bridgehead atoms. The van der Waals surface area contributed by atoms with E-state index in [0.717, 1.165) is 49.4 Å². The number of pyridine rings is 1. The molecule has 1 aliphatic rings. The van der Waals surface area contributed by atoms with Gasteiger partial charge < -0.3 is 20.4 Å². The van der Waals surface area contributed by atoms with Gasteiger partial charge in [-0.25, -0.2) is 9.97 Å². The third-order valence-electron chi connectivity index (χ3n) is 4.68. The van der Waals surface area contributed by atoms with Gasteiger partial charge in [0, 0.05) is 57.0 Å². The molecule has 154 valence electrons. The number of likely N-dealkylation sites (N-methyl/N-ethyl adjacent to an activating group) is 1. The van der Waals surface area contributed by atoms with Crippen LogP contribution in [0.2, 0.25) is 0 Å². The summed E-state index contributed by atoms with van der Waals surface area (Å²) in [5.41, 5.74) is 1.20. The van der Waals surface area contributed by atoms with E-state index in [-0.39, 0.29) is 24.0 Å². The van der Waals surface area contributed by atoms with Crippen LogP contribution >= 0.6 is 35.3 Å². The number of nitrogens with zero attached hydrogens (tertiary/aromatic N) is 5. The van der Waals surface area contributed by atoms with Crippen molar-refractivity contribution in [3.8, 4) is 0 Å². The molecular weight excluding hydrogens is 485 g/mol. The van der Waals surface area contributed by atoms with Crippen molar-refractivity contribution in [2.75, 3.05) is 45.2 Å². The third kappa shape index (κ3) is 6.56. The van der Waals surface area contributed by atoms with Gasteiger partial charge in [-0.15, -0.1) is 35.3 Å². The highest BCUT2D eigenvalue weighted by atomic mass is 127. The maximum atomic E-state index is 4.55. The van der Waals surface area contributed by atoms with Crippen molar-refractivity contribution in [2.24, 2.45) is 4.99 Å². The summed E-state index contributed by atoms with van der Waals surface area (Å²) in [6.45, 7) is 7.76. The van der Waals surface area contributed by atoms with E-state index in [0.29, 0.717) is 13.1 Å². The first-order valence-corrected chi connectivity index (χ1v) is 10.3. The fourth-order valence-electron chi connectivity index (χ4n) is 2.94. The van der Waals surface area contributed by atoms with Gasteiger partial charge in [-0.2, -0.15) is 0 Å². The summed E-state index contributed by atoms with van der Waals surface area (Å²) in [5.74, 6) is 1.83. The first kappa shape index (κ1) is 22.8. The molecule has 28 heavy (non-hydrogen) atoms. The Kier molecular flexibility index (Phi) is 9.39. The Labute approximate surface area is 188 Å². The monoisotopic (exact) mass is 515 g/mol. The van der Waals surface area contributed by atoms with Crippen LogP contribution in [0.3, 0.4) is 0 Å². The first-order chi connectivity index (χ1) is 13.2. The number of halogens is 1. The SMILES string of the molecule is CCc1cnc(CNC(=NC)NCc2ccnc(N3CCN(C)CC3)c2)s1.I. The number of piperazine rings is 1. The van der Waals surface area contributed by atoms with Crippen molar-refractivity contribution in [3.05, 3.63) is 40.0 Å². The summed E-state index contributed by atoms with van der Waals surface area (Å²) >= 11 is 1.74. The zero-order valence-electron chi connectivity index (χ0n) is 16.8. The molecule has 0 aromatic carbocycles. The van der Waals surface area contributed by atoms with Crippen LogP contribution in [0.1, 0.15) is 22.4 Å². The molecule has 0 unspecified atom stereocenters. The van der Waals surface area contributed by atoms with E-state index < -0.39 is 0 Å². The highest BCUT2D eigenvalue weighted by molar-refractivity contribution is 14.0. The first-order valence-electron chi connectivity index (χ1n) is 9.44. The molecule has 0 spiro atoms. The van der Waals surface area contributed by atoms with Crippen molar-refractivity contribution < 1.29 is 0 Å². The van der Waals surface area contributed by atoms with Gasteiger partial charge in [-0.05, 0) is 31.2 Å². The standard InChI is InChI=1S/C19H29N7S.HI/c1-4-16-13-22-18(27-16)14-24-19(20-2)23-12-15-5-6-21-17(11-15)26-9-7-25(3)8-10-26;/h5-6,11,13H,4,7-10,12,14H2,1-3H3,(H2,20,23,24);1H. The smallest absolute Gasteiger partial charge is 0.191 e. The van der Waals surface area contributed by atoms with Gasteiger partial charge in [-0.1, -0.05) is 6.92 Å². The fourth-order valence-corrected chi connectivity index (χ4v) is 3.74. The van der Waals surface area contributed by atoms with Crippen LogP contribution in [-0.4, -0.2) is 61.1 Å². The van der Waals surface area contributed by atoms with Gasteiger partial charge in [0.05, 0.1) is 6.54 Å². The van der Waals surface area contributed by atoms with E-state index >= 15 is 0 Å². The molecule has 2 aromatic rings. The zero-order chi connectivity index (χ0) is 19.1. The zero-order valence-corrected chi connectivity index (χ0v) is 20.0. The summed E-state index contributed by atoms with van der Waals surface area (Å²) in [5, 5.41) is 7.79. The number of aliphatic imine (C=N–C) groups is 1. The number of guanidine groups is 1. The van der Waals surface area contributed by atoms with Gasteiger partial charge >= 0.3 is 0 Å². The largest absolute Gasteiger partial charge is 0.354 e. The molecule has 0 aliphatic carbocycles. The Balaban J connectivity index is 0.00000280. The van der Waals surface area contributed by atoms with E-state index in [1.807, 2.05) is 18.5 Å². The lowest BCUT2D eigenvalue weighted by Crippen LogP contribution is -2.44. The summed E-state index contributed by atoms with van der Waals surface area (Å²) in [6.07, 6.45) is 4.87. The average Bonchev–Trinajstić information content (AvgIpc) is 3.17. The van der Waals surface area contributed by atoms with Crippen LogP contribution in [0.5, 0.6) is 0 Å². The van der Waals surface area contributed by atoms with Crippen molar-refractivity contribution in [3.63, 3.8) is 0 Å². The molecule has 0 amide bonds. The Morgan fingerprint density at radius 3 is 2.61 bits per heavy atom. The number of hydrogen-bond acceptors (Lipinski definition) is 6. The second-order valence-corrected chi connectivity index (χ2v) is 7.87. The second-order valence-electron chi connectivity index (χ2n) is 6.67. The van der Waals surface area contributed by atoms with Crippen LogP contribution in [0.15, 0.2) is 29.5 Å². The molecule has 1 aliphatic heterocycles. The maximum Gasteiger partial charge on any atom is 0.191 e. The lowest BCUT2D eigenvalue weighted by atomic mass is 10.2. The number of rotatable bonds is 6. The molecule has 9 heteroatoms. The summed E-state index contributed by atoms with van der Waals surface area (Å²) in [4.78, 5) is 19.3. The molecule has 2 aromatic heterocycles. The van der Waals surface area contributed by atoms with Gasteiger partial charge in [0.2, 0.25) is 0 Å². The lowest BCUT2D eigenvalue weighted by Gasteiger charge is -2.33. The Morgan fingerprint density at radius 1 is 1.18 bits per heavy atom. The minimum Gasteiger partial charge on any atom is -0.354 e. The van der Waals surface area contributed by atoms with Crippen LogP contribution < -0.4 is 15.5 Å². The summed E-state index contributed by atoms with van der Waals surface area (Å²) in [6, 6.07) is 4.22. The van der Waals surface area contributed by atoms with Crippen molar-refractivity contribution in [1.29, 1.82) is 0 Å².